The van der Waals surface area contributed by atoms with Gasteiger partial charge in [-0.25, -0.2) is 0 Å². The number of nitrogens with zero attached hydrogens (tertiary/aromatic N) is 2. The fourth-order valence-electron chi connectivity index (χ4n) is 1.45. The molecule has 0 fully saturated rings. The van der Waals surface area contributed by atoms with E-state index in [1.165, 1.54) is 0 Å². The van der Waals surface area contributed by atoms with Crippen molar-refractivity contribution in [3.63, 3.8) is 0 Å². The van der Waals surface area contributed by atoms with Gasteiger partial charge in [0.2, 0.25) is 0 Å². The van der Waals surface area contributed by atoms with Crippen molar-refractivity contribution in [3.05, 3.63) is 24.4 Å². The maximum absolute atomic E-state index is 11.1. The van der Waals surface area contributed by atoms with Crippen molar-refractivity contribution >= 4 is 12.0 Å². The zero-order valence-electron chi connectivity index (χ0n) is 6.84. The number of carbonyl (C=O) groups is 1. The molecule has 0 aliphatic carbocycles. The second-order valence-electron chi connectivity index (χ2n) is 2.94. The molecule has 0 bridgehead atoms. The Balaban J connectivity index is 2.24. The second-order valence-corrected chi connectivity index (χ2v) is 2.94. The molecule has 0 N–H and O–H groups in total. The molecule has 0 amide bonds. The van der Waals surface area contributed by atoms with Gasteiger partial charge in [-0.15, -0.1) is 0 Å². The van der Waals surface area contributed by atoms with Crippen LogP contribution in [-0.2, 0) is 4.79 Å². The molecule has 3 nitrogen and oxygen atoms in total. The van der Waals surface area contributed by atoms with E-state index in [0.29, 0.717) is 0 Å². The van der Waals surface area contributed by atoms with Gasteiger partial charge in [0, 0.05) is 12.4 Å². The number of hydrogen-bond donors (Lipinski definition) is 0. The van der Waals surface area contributed by atoms with E-state index in [1.54, 1.807) is 13.1 Å². The minimum absolute atomic E-state index is 0.0453. The molecule has 0 aromatic carbocycles. The highest BCUT2D eigenvalue weighted by molar-refractivity contribution is 5.98. The predicted molar refractivity (Wildman–Crippen MR) is 46.9 cm³/mol. The molecule has 2 aliphatic heterocycles. The van der Waals surface area contributed by atoms with Gasteiger partial charge >= 0.3 is 0 Å². The van der Waals surface area contributed by atoms with E-state index in [1.807, 2.05) is 29.3 Å². The molecule has 2 heterocycles. The molecule has 12 heavy (non-hydrogen) atoms. The van der Waals surface area contributed by atoms with Gasteiger partial charge in [-0.3, -0.25) is 9.79 Å². The number of aliphatic imine (C=N–C) groups is 1. The zero-order valence-corrected chi connectivity index (χ0v) is 6.84. The fraction of sp³-hybridized carbons (Fsp3) is 0.333. The van der Waals surface area contributed by atoms with Crippen LogP contribution in [0.4, 0.5) is 0 Å². The molecule has 3 heteroatoms. The molecule has 0 aromatic heterocycles. The molecule has 0 aromatic rings. The van der Waals surface area contributed by atoms with Gasteiger partial charge in [0.1, 0.15) is 12.2 Å². The molecule has 2 unspecified atom stereocenters. The van der Waals surface area contributed by atoms with Crippen molar-refractivity contribution in [2.45, 2.75) is 19.1 Å². The van der Waals surface area contributed by atoms with Gasteiger partial charge in [0.05, 0.1) is 0 Å². The van der Waals surface area contributed by atoms with E-state index < -0.39 is 0 Å². The van der Waals surface area contributed by atoms with E-state index in [2.05, 4.69) is 4.99 Å². The van der Waals surface area contributed by atoms with Crippen molar-refractivity contribution in [1.29, 1.82) is 0 Å². The summed E-state index contributed by atoms with van der Waals surface area (Å²) >= 11 is 0. The van der Waals surface area contributed by atoms with Crippen LogP contribution in [0.5, 0.6) is 0 Å². The summed E-state index contributed by atoms with van der Waals surface area (Å²) in [5.74, 6) is 0.140. The molecule has 0 saturated heterocycles. The van der Waals surface area contributed by atoms with Crippen molar-refractivity contribution in [3.8, 4) is 0 Å². The first-order chi connectivity index (χ1) is 5.79. The van der Waals surface area contributed by atoms with Crippen LogP contribution in [0, 0.1) is 0 Å². The largest absolute Gasteiger partial charge is 0.338 e. The molecular weight excluding hydrogens is 152 g/mol. The van der Waals surface area contributed by atoms with E-state index >= 15 is 0 Å². The average Bonchev–Trinajstić information content (AvgIpc) is 2.47. The third kappa shape index (κ3) is 0.978. The number of hydrogen-bond acceptors (Lipinski definition) is 3. The Hall–Kier alpha value is -1.38. The lowest BCUT2D eigenvalue weighted by Gasteiger charge is -2.25. The number of rotatable bonds is 1. The van der Waals surface area contributed by atoms with E-state index in [9.17, 15) is 4.79 Å². The summed E-state index contributed by atoms with van der Waals surface area (Å²) in [6.45, 7) is 1.59. The summed E-state index contributed by atoms with van der Waals surface area (Å²) in [5, 5.41) is 0. The van der Waals surface area contributed by atoms with Gasteiger partial charge in [0.25, 0.3) is 0 Å². The fourth-order valence-corrected chi connectivity index (χ4v) is 1.45. The Bertz CT molecular complexity index is 291. The first-order valence-electron chi connectivity index (χ1n) is 3.95. The van der Waals surface area contributed by atoms with Gasteiger partial charge in [-0.2, -0.15) is 0 Å². The van der Waals surface area contributed by atoms with Crippen molar-refractivity contribution in [2.75, 3.05) is 0 Å². The van der Waals surface area contributed by atoms with Gasteiger partial charge < -0.3 is 4.90 Å². The molecular formula is C9H10N2O. The lowest BCUT2D eigenvalue weighted by Crippen LogP contribution is -2.37. The minimum atomic E-state index is -0.156. The number of fused-ring (bicyclic) bond motifs is 1. The summed E-state index contributed by atoms with van der Waals surface area (Å²) in [5.41, 5.74) is 0. The van der Waals surface area contributed by atoms with Crippen LogP contribution < -0.4 is 0 Å². The molecule has 0 saturated carbocycles. The number of Topliss-reactive ketones (excluding diaryl/α,β-unsaturated/α-hetero) is 1. The lowest BCUT2D eigenvalue weighted by molar-refractivity contribution is -0.119. The predicted octanol–water partition coefficient (Wildman–Crippen LogP) is 0.740. The van der Waals surface area contributed by atoms with Crippen molar-refractivity contribution in [2.24, 2.45) is 4.99 Å². The van der Waals surface area contributed by atoms with E-state index in [4.69, 9.17) is 0 Å². The van der Waals surface area contributed by atoms with Crippen LogP contribution in [0.15, 0.2) is 29.4 Å². The van der Waals surface area contributed by atoms with Crippen molar-refractivity contribution in [1.82, 2.24) is 4.90 Å². The number of carbonyl (C=O) groups excluding carboxylic acids is 1. The van der Waals surface area contributed by atoms with Crippen LogP contribution in [0.1, 0.15) is 6.92 Å². The maximum Gasteiger partial charge on any atom is 0.157 e. The minimum Gasteiger partial charge on any atom is -0.338 e. The van der Waals surface area contributed by atoms with E-state index in [0.717, 1.165) is 0 Å². The third-order valence-corrected chi connectivity index (χ3v) is 2.08. The topological polar surface area (TPSA) is 32.7 Å². The Morgan fingerprint density at radius 2 is 2.33 bits per heavy atom. The average molecular weight is 162 g/mol. The SMILES string of the molecule is CC(=O)C1C=NC2C=CC=CN21. The van der Waals surface area contributed by atoms with Gasteiger partial charge in [-0.05, 0) is 19.1 Å². The molecule has 2 aliphatic rings. The first-order valence-corrected chi connectivity index (χ1v) is 3.95. The molecule has 2 atom stereocenters. The lowest BCUT2D eigenvalue weighted by atomic mass is 10.2. The van der Waals surface area contributed by atoms with Crippen LogP contribution >= 0.6 is 0 Å². The standard InChI is InChI=1S/C9H10N2O/c1-7(12)8-6-10-9-4-2-3-5-11(8)9/h2-6,8-9H,1H3. The summed E-state index contributed by atoms with van der Waals surface area (Å²) in [6, 6.07) is -0.156. The van der Waals surface area contributed by atoms with Crippen LogP contribution in [0.25, 0.3) is 0 Å². The first kappa shape index (κ1) is 7.28. The van der Waals surface area contributed by atoms with Crippen LogP contribution in [0.2, 0.25) is 0 Å². The summed E-state index contributed by atoms with van der Waals surface area (Å²) in [4.78, 5) is 17.3. The van der Waals surface area contributed by atoms with E-state index in [-0.39, 0.29) is 18.0 Å². The monoisotopic (exact) mass is 162 g/mol. The van der Waals surface area contributed by atoms with Gasteiger partial charge in [0.15, 0.2) is 5.78 Å². The second kappa shape index (κ2) is 2.59. The Morgan fingerprint density at radius 3 is 3.08 bits per heavy atom. The highest BCUT2D eigenvalue weighted by atomic mass is 16.1. The molecule has 2 rings (SSSR count). The Morgan fingerprint density at radius 1 is 1.50 bits per heavy atom. The van der Waals surface area contributed by atoms with Crippen molar-refractivity contribution < 1.29 is 4.79 Å². The highest BCUT2D eigenvalue weighted by Gasteiger charge is 2.29. The number of ketones is 1. The smallest absolute Gasteiger partial charge is 0.157 e. The maximum atomic E-state index is 11.1. The summed E-state index contributed by atoms with van der Waals surface area (Å²) < 4.78 is 0. The Labute approximate surface area is 71.1 Å². The molecule has 62 valence electrons. The Kier molecular flexibility index (Phi) is 1.57. The molecule has 0 spiro atoms. The molecule has 0 radical (unpaired) electrons. The zero-order chi connectivity index (χ0) is 8.55. The van der Waals surface area contributed by atoms with Gasteiger partial charge in [-0.1, -0.05) is 6.08 Å². The van der Waals surface area contributed by atoms with Crippen LogP contribution in [0.3, 0.4) is 0 Å². The normalized spacial score (nSPS) is 30.9. The highest BCUT2D eigenvalue weighted by Crippen LogP contribution is 2.18. The summed E-state index contributed by atoms with van der Waals surface area (Å²) in [6.07, 6.45) is 9.50. The van der Waals surface area contributed by atoms with Crippen LogP contribution in [-0.4, -0.2) is 29.1 Å². The third-order valence-electron chi connectivity index (χ3n) is 2.08. The quantitative estimate of drug-likeness (QED) is 0.569. The number of allylic oxidation sites excluding steroid dienone is 2. The summed E-state index contributed by atoms with van der Waals surface area (Å²) in [7, 11) is 0.